The quantitative estimate of drug-likeness (QED) is 0.613. The molecule has 0 atom stereocenters. The molecule has 3 aromatic rings. The standard InChI is InChI=1S/C19H18Cl2N2O3S/c1-26-18-9-8-16(21)11-19(18)27(24,25)22-12-17-3-2-10-23(17)13-14-4-6-15(20)7-5-14/h2-11,22H,12-13H2,1H3. The van der Waals surface area contributed by atoms with Gasteiger partial charge in [0.15, 0.2) is 0 Å². The predicted molar refractivity (Wildman–Crippen MR) is 107 cm³/mol. The van der Waals surface area contributed by atoms with Crippen LogP contribution in [0.1, 0.15) is 11.3 Å². The van der Waals surface area contributed by atoms with Gasteiger partial charge in [-0.1, -0.05) is 35.3 Å². The van der Waals surface area contributed by atoms with Gasteiger partial charge in [0.1, 0.15) is 10.6 Å². The SMILES string of the molecule is COc1ccc(Cl)cc1S(=O)(=O)NCc1cccn1Cc1ccc(Cl)cc1. The lowest BCUT2D eigenvalue weighted by Gasteiger charge is -2.13. The van der Waals surface area contributed by atoms with E-state index in [0.29, 0.717) is 16.6 Å². The highest BCUT2D eigenvalue weighted by Gasteiger charge is 2.20. The van der Waals surface area contributed by atoms with Crippen LogP contribution in [-0.2, 0) is 23.1 Å². The molecule has 0 aliphatic heterocycles. The second kappa shape index (κ2) is 8.35. The van der Waals surface area contributed by atoms with Crippen molar-refractivity contribution >= 4 is 33.2 Å². The lowest BCUT2D eigenvalue weighted by Crippen LogP contribution is -2.25. The first-order valence-corrected chi connectivity index (χ1v) is 10.3. The Hall–Kier alpha value is -1.99. The van der Waals surface area contributed by atoms with Crippen molar-refractivity contribution in [2.24, 2.45) is 0 Å². The number of aromatic nitrogens is 1. The molecule has 0 amide bonds. The first kappa shape index (κ1) is 19.8. The van der Waals surface area contributed by atoms with Crippen LogP contribution in [0.4, 0.5) is 0 Å². The van der Waals surface area contributed by atoms with Gasteiger partial charge in [-0.3, -0.25) is 0 Å². The third-order valence-corrected chi connectivity index (χ3v) is 5.96. The number of halogens is 2. The van der Waals surface area contributed by atoms with E-state index in [0.717, 1.165) is 11.3 Å². The smallest absolute Gasteiger partial charge is 0.244 e. The van der Waals surface area contributed by atoms with Crippen molar-refractivity contribution in [3.8, 4) is 5.75 Å². The average molecular weight is 425 g/mol. The van der Waals surface area contributed by atoms with E-state index in [1.807, 2.05) is 47.2 Å². The van der Waals surface area contributed by atoms with Crippen LogP contribution in [-0.4, -0.2) is 20.1 Å². The van der Waals surface area contributed by atoms with Crippen LogP contribution in [0, 0.1) is 0 Å². The first-order valence-electron chi connectivity index (χ1n) is 8.11. The van der Waals surface area contributed by atoms with Crippen molar-refractivity contribution in [2.75, 3.05) is 7.11 Å². The number of hydrogen-bond donors (Lipinski definition) is 1. The number of benzene rings is 2. The second-order valence-electron chi connectivity index (χ2n) is 5.87. The maximum atomic E-state index is 12.7. The van der Waals surface area contributed by atoms with Crippen molar-refractivity contribution in [1.82, 2.24) is 9.29 Å². The van der Waals surface area contributed by atoms with E-state index < -0.39 is 10.0 Å². The highest BCUT2D eigenvalue weighted by atomic mass is 35.5. The van der Waals surface area contributed by atoms with Gasteiger partial charge < -0.3 is 9.30 Å². The van der Waals surface area contributed by atoms with Crippen molar-refractivity contribution in [3.05, 3.63) is 82.1 Å². The molecule has 0 radical (unpaired) electrons. The minimum atomic E-state index is -3.79. The minimum absolute atomic E-state index is 0.00769. The highest BCUT2D eigenvalue weighted by molar-refractivity contribution is 7.89. The Labute approximate surface area is 168 Å². The minimum Gasteiger partial charge on any atom is -0.495 e. The van der Waals surface area contributed by atoms with Crippen LogP contribution in [0.5, 0.6) is 5.75 Å². The Morgan fingerprint density at radius 3 is 2.44 bits per heavy atom. The molecule has 142 valence electrons. The molecule has 1 aromatic heterocycles. The summed E-state index contributed by atoms with van der Waals surface area (Å²) >= 11 is 11.9. The van der Waals surface area contributed by atoms with Gasteiger partial charge in [0.2, 0.25) is 10.0 Å². The van der Waals surface area contributed by atoms with Crippen LogP contribution < -0.4 is 9.46 Å². The third kappa shape index (κ3) is 4.84. The summed E-state index contributed by atoms with van der Waals surface area (Å²) < 4.78 is 35.1. The van der Waals surface area contributed by atoms with Gasteiger partial charge in [-0.05, 0) is 48.0 Å². The molecular weight excluding hydrogens is 407 g/mol. The number of sulfonamides is 1. The number of methoxy groups -OCH3 is 1. The topological polar surface area (TPSA) is 60.3 Å². The molecular formula is C19H18Cl2N2O3S. The molecule has 0 bridgehead atoms. The van der Waals surface area contributed by atoms with E-state index >= 15 is 0 Å². The summed E-state index contributed by atoms with van der Waals surface area (Å²) in [5.41, 5.74) is 1.89. The zero-order valence-corrected chi connectivity index (χ0v) is 16.9. The molecule has 2 aromatic carbocycles. The zero-order valence-electron chi connectivity index (χ0n) is 14.5. The van der Waals surface area contributed by atoms with Gasteiger partial charge in [0.05, 0.1) is 13.7 Å². The fourth-order valence-corrected chi connectivity index (χ4v) is 4.21. The van der Waals surface area contributed by atoms with E-state index in [4.69, 9.17) is 27.9 Å². The Balaban J connectivity index is 1.76. The van der Waals surface area contributed by atoms with Gasteiger partial charge >= 0.3 is 0 Å². The molecule has 0 aliphatic carbocycles. The summed E-state index contributed by atoms with van der Waals surface area (Å²) in [4.78, 5) is 0.00769. The largest absolute Gasteiger partial charge is 0.495 e. The van der Waals surface area contributed by atoms with E-state index in [1.54, 1.807) is 6.07 Å². The van der Waals surface area contributed by atoms with Crippen LogP contribution in [0.15, 0.2) is 65.7 Å². The fourth-order valence-electron chi connectivity index (χ4n) is 2.66. The van der Waals surface area contributed by atoms with Crippen molar-refractivity contribution in [1.29, 1.82) is 0 Å². The maximum absolute atomic E-state index is 12.7. The Morgan fingerprint density at radius 2 is 1.74 bits per heavy atom. The Bertz CT molecular complexity index is 1030. The van der Waals surface area contributed by atoms with Gasteiger partial charge in [-0.15, -0.1) is 0 Å². The van der Waals surface area contributed by atoms with E-state index in [9.17, 15) is 8.42 Å². The number of ether oxygens (including phenoxy) is 1. The fraction of sp³-hybridized carbons (Fsp3) is 0.158. The second-order valence-corrected chi connectivity index (χ2v) is 8.48. The molecule has 5 nitrogen and oxygen atoms in total. The number of hydrogen-bond acceptors (Lipinski definition) is 3. The monoisotopic (exact) mass is 424 g/mol. The summed E-state index contributed by atoms with van der Waals surface area (Å²) in [6.07, 6.45) is 1.90. The molecule has 0 aliphatic rings. The summed E-state index contributed by atoms with van der Waals surface area (Å²) in [7, 11) is -2.37. The average Bonchev–Trinajstić information content (AvgIpc) is 3.09. The molecule has 0 spiro atoms. The van der Waals surface area contributed by atoms with Gasteiger partial charge in [-0.2, -0.15) is 0 Å². The van der Waals surface area contributed by atoms with Crippen LogP contribution >= 0.6 is 23.2 Å². The van der Waals surface area contributed by atoms with Gasteiger partial charge in [0.25, 0.3) is 0 Å². The van der Waals surface area contributed by atoms with Crippen LogP contribution in [0.3, 0.4) is 0 Å². The van der Waals surface area contributed by atoms with Crippen LogP contribution in [0.2, 0.25) is 10.0 Å². The van der Waals surface area contributed by atoms with Gasteiger partial charge in [0, 0.05) is 28.5 Å². The number of nitrogens with one attached hydrogen (secondary N) is 1. The van der Waals surface area contributed by atoms with Crippen molar-refractivity contribution < 1.29 is 13.2 Å². The molecule has 0 saturated carbocycles. The molecule has 1 N–H and O–H groups in total. The summed E-state index contributed by atoms with van der Waals surface area (Å²) in [5.74, 6) is 0.239. The molecule has 8 heteroatoms. The van der Waals surface area contributed by atoms with Crippen molar-refractivity contribution in [3.63, 3.8) is 0 Å². The normalized spacial score (nSPS) is 11.5. The molecule has 0 unspecified atom stereocenters. The summed E-state index contributed by atoms with van der Waals surface area (Å²) in [6.45, 7) is 0.750. The maximum Gasteiger partial charge on any atom is 0.244 e. The molecule has 0 fully saturated rings. The number of rotatable bonds is 7. The predicted octanol–water partition coefficient (Wildman–Crippen LogP) is 4.33. The van der Waals surface area contributed by atoms with Gasteiger partial charge in [-0.25, -0.2) is 13.1 Å². The Kier molecular flexibility index (Phi) is 6.11. The number of nitrogens with zero attached hydrogens (tertiary/aromatic N) is 1. The molecule has 3 rings (SSSR count). The molecule has 27 heavy (non-hydrogen) atoms. The highest BCUT2D eigenvalue weighted by Crippen LogP contribution is 2.27. The first-order chi connectivity index (χ1) is 12.9. The zero-order chi connectivity index (χ0) is 19.4. The summed E-state index contributed by atoms with van der Waals surface area (Å²) in [6, 6.07) is 15.8. The summed E-state index contributed by atoms with van der Waals surface area (Å²) in [5, 5.41) is 0.997. The van der Waals surface area contributed by atoms with E-state index in [-0.39, 0.29) is 17.2 Å². The third-order valence-electron chi connectivity index (χ3n) is 4.05. The molecule has 0 saturated heterocycles. The molecule has 1 heterocycles. The van der Waals surface area contributed by atoms with E-state index in [2.05, 4.69) is 4.72 Å². The lowest BCUT2D eigenvalue weighted by atomic mass is 10.2. The van der Waals surface area contributed by atoms with E-state index in [1.165, 1.54) is 19.2 Å². The Morgan fingerprint density at radius 1 is 1.04 bits per heavy atom. The van der Waals surface area contributed by atoms with Crippen molar-refractivity contribution in [2.45, 2.75) is 18.0 Å². The van der Waals surface area contributed by atoms with Crippen LogP contribution in [0.25, 0.3) is 0 Å². The lowest BCUT2D eigenvalue weighted by molar-refractivity contribution is 0.402.